The van der Waals surface area contributed by atoms with Gasteiger partial charge in [-0.3, -0.25) is 0 Å². The summed E-state index contributed by atoms with van der Waals surface area (Å²) in [6, 6.07) is 20.0. The maximum Gasteiger partial charge on any atom is 0.120 e. The van der Waals surface area contributed by atoms with Crippen molar-refractivity contribution >= 4 is 16.5 Å². The molecule has 1 aliphatic heterocycles. The summed E-state index contributed by atoms with van der Waals surface area (Å²) in [4.78, 5) is 2.09. The molecule has 1 aliphatic rings. The number of hydrogen-bond acceptors (Lipinski definition) is 6. The van der Waals surface area contributed by atoms with Gasteiger partial charge in [0.15, 0.2) is 0 Å². The van der Waals surface area contributed by atoms with Crippen molar-refractivity contribution in [3.63, 3.8) is 0 Å². The number of hydrogen-bond donors (Lipinski definition) is 4. The average Bonchev–Trinajstić information content (AvgIpc) is 2.79. The summed E-state index contributed by atoms with van der Waals surface area (Å²) < 4.78 is 5.83. The molecular weight excluding hydrogens is 392 g/mol. The molecule has 5 N–H and O–H groups in total. The number of nitrogens with zero attached hydrogens (tertiary/aromatic N) is 1. The summed E-state index contributed by atoms with van der Waals surface area (Å²) >= 11 is 0. The van der Waals surface area contributed by atoms with E-state index >= 15 is 0 Å². The van der Waals surface area contributed by atoms with Crippen LogP contribution >= 0.6 is 0 Å². The number of ether oxygens (including phenoxy) is 1. The van der Waals surface area contributed by atoms with Crippen LogP contribution in [0.4, 0.5) is 5.69 Å². The second-order valence-electron chi connectivity index (χ2n) is 8.50. The molecule has 1 heterocycles. The van der Waals surface area contributed by atoms with Crippen LogP contribution in [-0.2, 0) is 0 Å². The van der Waals surface area contributed by atoms with E-state index in [9.17, 15) is 15.3 Å². The van der Waals surface area contributed by atoms with Gasteiger partial charge in [0.05, 0.1) is 12.2 Å². The molecule has 3 aromatic carbocycles. The maximum atomic E-state index is 10.4. The predicted molar refractivity (Wildman–Crippen MR) is 123 cm³/mol. The molecule has 1 unspecified atom stereocenters. The molecule has 0 spiro atoms. The number of nitrogens with two attached hydrogens (primary N) is 1. The van der Waals surface area contributed by atoms with Crippen LogP contribution in [0.25, 0.3) is 21.9 Å². The molecule has 0 bridgehead atoms. The highest BCUT2D eigenvalue weighted by Crippen LogP contribution is 2.28. The van der Waals surface area contributed by atoms with Crippen LogP contribution < -0.4 is 10.5 Å². The lowest BCUT2D eigenvalue weighted by Crippen LogP contribution is -2.48. The molecule has 0 saturated carbocycles. The van der Waals surface area contributed by atoms with Crippen LogP contribution in [0.2, 0.25) is 0 Å². The van der Waals surface area contributed by atoms with E-state index in [1.807, 2.05) is 42.5 Å². The minimum Gasteiger partial charge on any atom is -0.491 e. The van der Waals surface area contributed by atoms with Crippen molar-refractivity contribution in [1.29, 1.82) is 0 Å². The van der Waals surface area contributed by atoms with Crippen molar-refractivity contribution in [3.8, 4) is 16.9 Å². The van der Waals surface area contributed by atoms with E-state index in [0.717, 1.165) is 33.3 Å². The Hall–Kier alpha value is -2.64. The minimum absolute atomic E-state index is 0.202. The van der Waals surface area contributed by atoms with Crippen molar-refractivity contribution in [2.24, 2.45) is 0 Å². The van der Waals surface area contributed by atoms with Gasteiger partial charge < -0.3 is 30.7 Å². The van der Waals surface area contributed by atoms with Gasteiger partial charge in [0.1, 0.15) is 18.5 Å². The summed E-state index contributed by atoms with van der Waals surface area (Å²) in [5, 5.41) is 31.9. The number of β-amino-alcohol motifs (C(OH)–C–C–N with tert-alkyl or cyclic N) is 1. The molecule has 0 radical (unpaired) electrons. The highest BCUT2D eigenvalue weighted by molar-refractivity contribution is 5.88. The van der Waals surface area contributed by atoms with E-state index in [1.54, 1.807) is 0 Å². The Morgan fingerprint density at radius 3 is 2.42 bits per heavy atom. The fourth-order valence-electron chi connectivity index (χ4n) is 4.06. The van der Waals surface area contributed by atoms with Gasteiger partial charge in [-0.05, 0) is 65.1 Å². The van der Waals surface area contributed by atoms with Gasteiger partial charge >= 0.3 is 0 Å². The van der Waals surface area contributed by atoms with Crippen molar-refractivity contribution in [2.75, 3.05) is 38.6 Å². The number of rotatable bonds is 7. The standard InChI is InChI=1S/C25H30N2O4/c26-22-3-1-2-18(13-22)19-4-5-21-14-24(7-6-20(21)12-19)31-16-23(29)15-27-10-8-25(30,17-28)9-11-27/h1-7,12-14,23,28-30H,8-11,15-17,26H2. The zero-order valence-electron chi connectivity index (χ0n) is 17.6. The van der Waals surface area contributed by atoms with Gasteiger partial charge in [-0.15, -0.1) is 0 Å². The van der Waals surface area contributed by atoms with Crippen LogP contribution in [0.3, 0.4) is 0 Å². The molecule has 1 atom stereocenters. The Labute approximate surface area is 182 Å². The topological polar surface area (TPSA) is 99.2 Å². The van der Waals surface area contributed by atoms with Crippen molar-refractivity contribution in [2.45, 2.75) is 24.5 Å². The SMILES string of the molecule is Nc1cccc(-c2ccc3cc(OCC(O)CN4CCC(O)(CO)CC4)ccc3c2)c1. The highest BCUT2D eigenvalue weighted by Gasteiger charge is 2.31. The van der Waals surface area contributed by atoms with Gasteiger partial charge in [-0.2, -0.15) is 0 Å². The predicted octanol–water partition coefficient (Wildman–Crippen LogP) is 2.65. The molecule has 0 aliphatic carbocycles. The minimum atomic E-state index is -0.976. The van der Waals surface area contributed by atoms with Crippen molar-refractivity contribution in [3.05, 3.63) is 60.7 Å². The molecule has 0 aromatic heterocycles. The van der Waals surface area contributed by atoms with Gasteiger partial charge in [0, 0.05) is 25.3 Å². The van der Waals surface area contributed by atoms with Crippen LogP contribution in [-0.4, -0.2) is 64.8 Å². The molecule has 6 heteroatoms. The molecule has 31 heavy (non-hydrogen) atoms. The monoisotopic (exact) mass is 422 g/mol. The van der Waals surface area contributed by atoms with Gasteiger partial charge in [0.2, 0.25) is 0 Å². The Morgan fingerprint density at radius 2 is 1.68 bits per heavy atom. The highest BCUT2D eigenvalue weighted by atomic mass is 16.5. The molecule has 3 aromatic rings. The van der Waals surface area contributed by atoms with Crippen molar-refractivity contribution < 1.29 is 20.1 Å². The van der Waals surface area contributed by atoms with E-state index in [1.165, 1.54) is 0 Å². The first-order chi connectivity index (χ1) is 14.9. The fourth-order valence-corrected chi connectivity index (χ4v) is 4.06. The average molecular weight is 423 g/mol. The number of aliphatic hydroxyl groups is 3. The summed E-state index contributed by atoms with van der Waals surface area (Å²) in [5.74, 6) is 0.719. The summed E-state index contributed by atoms with van der Waals surface area (Å²) in [6.45, 7) is 1.78. The van der Waals surface area contributed by atoms with Crippen LogP contribution in [0.1, 0.15) is 12.8 Å². The Bertz CT molecular complexity index is 1030. The largest absolute Gasteiger partial charge is 0.491 e. The fraction of sp³-hybridized carbons (Fsp3) is 0.360. The number of anilines is 1. The van der Waals surface area contributed by atoms with E-state index in [-0.39, 0.29) is 13.2 Å². The zero-order valence-corrected chi connectivity index (χ0v) is 17.6. The van der Waals surface area contributed by atoms with E-state index in [2.05, 4.69) is 23.1 Å². The first kappa shape index (κ1) is 21.6. The first-order valence-corrected chi connectivity index (χ1v) is 10.7. The molecule has 4 rings (SSSR count). The number of piperidine rings is 1. The molecule has 1 fully saturated rings. The number of fused-ring (bicyclic) bond motifs is 1. The summed E-state index contributed by atoms with van der Waals surface area (Å²) in [6.07, 6.45) is 0.403. The van der Waals surface area contributed by atoms with Crippen LogP contribution in [0, 0.1) is 0 Å². The van der Waals surface area contributed by atoms with Gasteiger partial charge in [-0.25, -0.2) is 0 Å². The second kappa shape index (κ2) is 9.24. The molecule has 6 nitrogen and oxygen atoms in total. The third kappa shape index (κ3) is 5.35. The zero-order chi connectivity index (χ0) is 21.8. The third-order valence-electron chi connectivity index (χ3n) is 6.02. The lowest BCUT2D eigenvalue weighted by Gasteiger charge is -2.37. The van der Waals surface area contributed by atoms with Gasteiger partial charge in [-0.1, -0.05) is 30.3 Å². The van der Waals surface area contributed by atoms with E-state index in [0.29, 0.717) is 32.5 Å². The molecule has 164 valence electrons. The van der Waals surface area contributed by atoms with Crippen LogP contribution in [0.15, 0.2) is 60.7 Å². The van der Waals surface area contributed by atoms with Crippen LogP contribution in [0.5, 0.6) is 5.75 Å². The van der Waals surface area contributed by atoms with Gasteiger partial charge in [0.25, 0.3) is 0 Å². The smallest absolute Gasteiger partial charge is 0.120 e. The molecule has 0 amide bonds. The maximum absolute atomic E-state index is 10.4. The number of likely N-dealkylation sites (tertiary alicyclic amines) is 1. The first-order valence-electron chi connectivity index (χ1n) is 10.7. The molecule has 1 saturated heterocycles. The van der Waals surface area contributed by atoms with Crippen molar-refractivity contribution in [1.82, 2.24) is 4.90 Å². The Balaban J connectivity index is 1.34. The number of aliphatic hydroxyl groups excluding tert-OH is 2. The lowest BCUT2D eigenvalue weighted by atomic mass is 9.92. The molecular formula is C25H30N2O4. The summed E-state index contributed by atoms with van der Waals surface area (Å²) in [5.41, 5.74) is 7.86. The third-order valence-corrected chi connectivity index (χ3v) is 6.02. The second-order valence-corrected chi connectivity index (χ2v) is 8.50. The quantitative estimate of drug-likeness (QED) is 0.437. The Morgan fingerprint density at radius 1 is 0.968 bits per heavy atom. The normalized spacial score (nSPS) is 17.5. The number of nitrogen functional groups attached to an aromatic ring is 1. The summed E-state index contributed by atoms with van der Waals surface area (Å²) in [7, 11) is 0. The lowest BCUT2D eigenvalue weighted by molar-refractivity contribution is -0.0656. The van der Waals surface area contributed by atoms with E-state index < -0.39 is 11.7 Å². The van der Waals surface area contributed by atoms with E-state index in [4.69, 9.17) is 10.5 Å². The Kier molecular flexibility index (Phi) is 6.43. The number of benzene rings is 3.